The van der Waals surface area contributed by atoms with E-state index in [0.717, 1.165) is 4.88 Å². The summed E-state index contributed by atoms with van der Waals surface area (Å²) in [6, 6.07) is 7.50. The number of rotatable bonds is 5. The highest BCUT2D eigenvalue weighted by atomic mass is 32.1. The molecule has 1 amide bonds. The number of thiophene rings is 1. The molecule has 0 radical (unpaired) electrons. The Morgan fingerprint density at radius 3 is 2.78 bits per heavy atom. The van der Waals surface area contributed by atoms with Crippen LogP contribution in [-0.2, 0) is 12.6 Å². The van der Waals surface area contributed by atoms with E-state index in [1.807, 2.05) is 46.6 Å². The standard InChI is InChI=1S/C16H18N4O2S/c1-16(22,13-6-5-9-23-13)11-17-14(21)12-10-18-19(2)15(12)20-7-3-4-8-20/h3-10,22H,11H2,1-2H3,(H,17,21)/t16-/m1/s1. The fraction of sp³-hybridized carbons (Fsp3) is 0.250. The van der Waals surface area contributed by atoms with Crippen molar-refractivity contribution in [3.8, 4) is 5.82 Å². The molecule has 0 aliphatic carbocycles. The second-order valence-electron chi connectivity index (χ2n) is 5.53. The number of hydrogen-bond acceptors (Lipinski definition) is 4. The van der Waals surface area contributed by atoms with E-state index in [0.29, 0.717) is 11.4 Å². The van der Waals surface area contributed by atoms with Crippen LogP contribution < -0.4 is 5.32 Å². The van der Waals surface area contributed by atoms with Crippen molar-refractivity contribution in [1.82, 2.24) is 19.7 Å². The van der Waals surface area contributed by atoms with Gasteiger partial charge in [-0.2, -0.15) is 5.10 Å². The van der Waals surface area contributed by atoms with E-state index < -0.39 is 5.60 Å². The Kier molecular flexibility index (Phi) is 4.06. The molecule has 3 heterocycles. The maximum Gasteiger partial charge on any atom is 0.256 e. The zero-order valence-electron chi connectivity index (χ0n) is 12.9. The number of nitrogens with one attached hydrogen (secondary N) is 1. The van der Waals surface area contributed by atoms with E-state index in [-0.39, 0.29) is 12.5 Å². The Morgan fingerprint density at radius 1 is 1.39 bits per heavy atom. The minimum atomic E-state index is -1.10. The Balaban J connectivity index is 1.77. The summed E-state index contributed by atoms with van der Waals surface area (Å²) < 4.78 is 3.48. The summed E-state index contributed by atoms with van der Waals surface area (Å²) in [6.07, 6.45) is 5.25. The Morgan fingerprint density at radius 2 is 2.13 bits per heavy atom. The van der Waals surface area contributed by atoms with Crippen LogP contribution in [0.25, 0.3) is 5.82 Å². The Hall–Kier alpha value is -2.38. The van der Waals surface area contributed by atoms with Gasteiger partial charge in [0, 0.05) is 24.3 Å². The van der Waals surface area contributed by atoms with E-state index >= 15 is 0 Å². The monoisotopic (exact) mass is 330 g/mol. The molecule has 0 aliphatic rings. The molecule has 6 nitrogen and oxygen atoms in total. The summed E-state index contributed by atoms with van der Waals surface area (Å²) in [4.78, 5) is 13.3. The van der Waals surface area contributed by atoms with Crippen LogP contribution in [0, 0.1) is 0 Å². The van der Waals surface area contributed by atoms with Crippen molar-refractivity contribution in [2.75, 3.05) is 6.54 Å². The van der Waals surface area contributed by atoms with Gasteiger partial charge in [-0.25, -0.2) is 0 Å². The summed E-state index contributed by atoms with van der Waals surface area (Å²) in [6.45, 7) is 1.82. The lowest BCUT2D eigenvalue weighted by molar-refractivity contribution is 0.0556. The van der Waals surface area contributed by atoms with E-state index in [1.165, 1.54) is 17.5 Å². The van der Waals surface area contributed by atoms with Gasteiger partial charge in [-0.3, -0.25) is 9.48 Å². The van der Waals surface area contributed by atoms with Crippen LogP contribution in [0.15, 0.2) is 48.2 Å². The lowest BCUT2D eigenvalue weighted by atomic mass is 10.1. The molecule has 0 saturated carbocycles. The second kappa shape index (κ2) is 6.02. The van der Waals surface area contributed by atoms with E-state index in [9.17, 15) is 9.90 Å². The molecule has 7 heteroatoms. The topological polar surface area (TPSA) is 72.1 Å². The van der Waals surface area contributed by atoms with Crippen molar-refractivity contribution in [1.29, 1.82) is 0 Å². The van der Waals surface area contributed by atoms with Crippen molar-refractivity contribution in [2.45, 2.75) is 12.5 Å². The number of hydrogen-bond donors (Lipinski definition) is 2. The van der Waals surface area contributed by atoms with Gasteiger partial charge in [0.05, 0.1) is 12.7 Å². The fourth-order valence-electron chi connectivity index (χ4n) is 2.39. The van der Waals surface area contributed by atoms with Crippen LogP contribution in [0.5, 0.6) is 0 Å². The molecule has 3 aromatic heterocycles. The number of carbonyl (C=O) groups excluding carboxylic acids is 1. The molecule has 2 N–H and O–H groups in total. The van der Waals surface area contributed by atoms with Gasteiger partial charge in [0.1, 0.15) is 17.0 Å². The van der Waals surface area contributed by atoms with Gasteiger partial charge in [-0.15, -0.1) is 11.3 Å². The molecule has 0 aliphatic heterocycles. The first-order chi connectivity index (χ1) is 11.0. The van der Waals surface area contributed by atoms with Crippen molar-refractivity contribution in [3.05, 3.63) is 58.7 Å². The smallest absolute Gasteiger partial charge is 0.256 e. The summed E-state index contributed by atoms with van der Waals surface area (Å²) in [5.74, 6) is 0.418. The highest BCUT2D eigenvalue weighted by molar-refractivity contribution is 7.10. The zero-order valence-corrected chi connectivity index (χ0v) is 13.7. The van der Waals surface area contributed by atoms with Gasteiger partial charge in [0.2, 0.25) is 0 Å². The van der Waals surface area contributed by atoms with Crippen molar-refractivity contribution >= 4 is 17.2 Å². The van der Waals surface area contributed by atoms with Crippen LogP contribution in [0.3, 0.4) is 0 Å². The molecule has 0 aromatic carbocycles. The number of carbonyl (C=O) groups is 1. The first kappa shape index (κ1) is 15.5. The molecule has 0 unspecified atom stereocenters. The van der Waals surface area contributed by atoms with Crippen LogP contribution in [0.2, 0.25) is 0 Å². The van der Waals surface area contributed by atoms with Crippen molar-refractivity contribution in [2.24, 2.45) is 7.05 Å². The van der Waals surface area contributed by atoms with Crippen LogP contribution in [0.4, 0.5) is 0 Å². The molecule has 0 bridgehead atoms. The Bertz CT molecular complexity index is 788. The van der Waals surface area contributed by atoms with Crippen LogP contribution in [-0.4, -0.2) is 31.9 Å². The fourth-order valence-corrected chi connectivity index (χ4v) is 3.18. The van der Waals surface area contributed by atoms with E-state index in [4.69, 9.17) is 0 Å². The molecule has 23 heavy (non-hydrogen) atoms. The number of amides is 1. The lowest BCUT2D eigenvalue weighted by Gasteiger charge is -2.22. The molecular formula is C16H18N4O2S. The molecule has 0 fully saturated rings. The zero-order chi connectivity index (χ0) is 16.4. The third kappa shape index (κ3) is 3.06. The van der Waals surface area contributed by atoms with Gasteiger partial charge in [0.25, 0.3) is 5.91 Å². The normalized spacial score (nSPS) is 13.7. The summed E-state index contributed by atoms with van der Waals surface area (Å²) >= 11 is 1.46. The highest BCUT2D eigenvalue weighted by Gasteiger charge is 2.26. The number of aromatic nitrogens is 3. The summed E-state index contributed by atoms with van der Waals surface area (Å²) in [7, 11) is 1.79. The van der Waals surface area contributed by atoms with Gasteiger partial charge < -0.3 is 15.0 Å². The second-order valence-corrected chi connectivity index (χ2v) is 6.48. The largest absolute Gasteiger partial charge is 0.383 e. The SMILES string of the molecule is Cn1ncc(C(=O)NC[C@@](C)(O)c2cccs2)c1-n1cccc1. The third-order valence-corrected chi connectivity index (χ3v) is 4.77. The van der Waals surface area contributed by atoms with Gasteiger partial charge >= 0.3 is 0 Å². The maximum absolute atomic E-state index is 12.5. The highest BCUT2D eigenvalue weighted by Crippen LogP contribution is 2.24. The molecule has 3 aromatic rings. The summed E-state index contributed by atoms with van der Waals surface area (Å²) in [5.41, 5.74) is -0.634. The quantitative estimate of drug-likeness (QED) is 0.751. The average molecular weight is 330 g/mol. The van der Waals surface area contributed by atoms with Crippen LogP contribution >= 0.6 is 11.3 Å². The number of nitrogens with zero attached hydrogens (tertiary/aromatic N) is 3. The van der Waals surface area contributed by atoms with Gasteiger partial charge in [-0.05, 0) is 30.5 Å². The lowest BCUT2D eigenvalue weighted by Crippen LogP contribution is -2.38. The van der Waals surface area contributed by atoms with Crippen molar-refractivity contribution < 1.29 is 9.90 Å². The van der Waals surface area contributed by atoms with E-state index in [1.54, 1.807) is 18.7 Å². The Labute approximate surface area is 138 Å². The third-order valence-electron chi connectivity index (χ3n) is 3.65. The minimum absolute atomic E-state index is 0.131. The molecule has 120 valence electrons. The predicted octanol–water partition coefficient (Wildman–Crippen LogP) is 1.91. The molecule has 0 spiro atoms. The molecule has 0 saturated heterocycles. The predicted molar refractivity (Wildman–Crippen MR) is 88.8 cm³/mol. The van der Waals surface area contributed by atoms with Crippen molar-refractivity contribution in [3.63, 3.8) is 0 Å². The molecular weight excluding hydrogens is 312 g/mol. The first-order valence-corrected chi connectivity index (χ1v) is 8.07. The van der Waals surface area contributed by atoms with Gasteiger partial charge in [-0.1, -0.05) is 6.07 Å². The first-order valence-electron chi connectivity index (χ1n) is 7.19. The minimum Gasteiger partial charge on any atom is -0.383 e. The average Bonchev–Trinajstić information content (AvgIpc) is 3.25. The molecule has 1 atom stereocenters. The number of aryl methyl sites for hydroxylation is 1. The number of aliphatic hydroxyl groups is 1. The van der Waals surface area contributed by atoms with Gasteiger partial charge in [0.15, 0.2) is 0 Å². The summed E-state index contributed by atoms with van der Waals surface area (Å²) in [5, 5.41) is 19.4. The molecule has 3 rings (SSSR count). The maximum atomic E-state index is 12.5. The van der Waals surface area contributed by atoms with Crippen LogP contribution in [0.1, 0.15) is 22.2 Å². The van der Waals surface area contributed by atoms with E-state index in [2.05, 4.69) is 10.4 Å².